The van der Waals surface area contributed by atoms with Crippen LogP contribution < -0.4 is 5.73 Å². The van der Waals surface area contributed by atoms with E-state index in [0.717, 1.165) is 0 Å². The Morgan fingerprint density at radius 3 is 2.38 bits per heavy atom. The largest absolute Gasteiger partial charge is 0.390 e. The molecule has 16 heavy (non-hydrogen) atoms. The Hall–Kier alpha value is -0.450. The van der Waals surface area contributed by atoms with E-state index in [1.54, 1.807) is 19.1 Å². The molecule has 0 unspecified atom stereocenters. The summed E-state index contributed by atoms with van der Waals surface area (Å²) in [6, 6.07) is 3.66. The Morgan fingerprint density at radius 1 is 1.38 bits per heavy atom. The lowest BCUT2D eigenvalue weighted by molar-refractivity contribution is -0.138. The van der Waals surface area contributed by atoms with Crippen LogP contribution in [0.4, 0.5) is 13.2 Å². The van der Waals surface area contributed by atoms with Crippen LogP contribution in [0.25, 0.3) is 0 Å². The predicted molar refractivity (Wildman–Crippen MR) is 61.0 cm³/mol. The number of hydrogen-bond acceptors (Lipinski definition) is 1. The highest BCUT2D eigenvalue weighted by Gasteiger charge is 2.31. The molecular weight excluding hydrogens is 262 g/mol. The molecule has 0 saturated carbocycles. The molecule has 0 aliphatic rings. The SMILES string of the molecule is Cc1cc(Cl)ccc1[C@@H](N)CC(F)(F)F.Cl. The summed E-state index contributed by atoms with van der Waals surface area (Å²) in [7, 11) is 0. The summed E-state index contributed by atoms with van der Waals surface area (Å²) in [5, 5.41) is 0.496. The number of rotatable bonds is 2. The standard InChI is InChI=1S/C10H11ClF3N.ClH/c1-6-4-7(11)2-3-8(6)9(15)5-10(12,13)14;/h2-4,9H,5,15H2,1H3;1H/t9-;/m0./s1. The van der Waals surface area contributed by atoms with Gasteiger partial charge in [0.25, 0.3) is 0 Å². The molecule has 0 bridgehead atoms. The molecule has 0 radical (unpaired) electrons. The number of aryl methyl sites for hydroxylation is 1. The van der Waals surface area contributed by atoms with Crippen LogP contribution in [-0.2, 0) is 0 Å². The van der Waals surface area contributed by atoms with Crippen LogP contribution in [0.15, 0.2) is 18.2 Å². The van der Waals surface area contributed by atoms with E-state index in [0.29, 0.717) is 16.1 Å². The molecule has 0 aliphatic carbocycles. The zero-order valence-corrected chi connectivity index (χ0v) is 10.1. The molecule has 1 nitrogen and oxygen atoms in total. The van der Waals surface area contributed by atoms with Crippen molar-refractivity contribution in [1.82, 2.24) is 0 Å². The van der Waals surface area contributed by atoms with Crippen molar-refractivity contribution in [2.75, 3.05) is 0 Å². The summed E-state index contributed by atoms with van der Waals surface area (Å²) in [6.45, 7) is 1.69. The molecule has 1 aromatic carbocycles. The third-order valence-corrected chi connectivity index (χ3v) is 2.32. The van der Waals surface area contributed by atoms with E-state index in [9.17, 15) is 13.2 Å². The molecule has 0 saturated heterocycles. The smallest absolute Gasteiger partial charge is 0.324 e. The van der Waals surface area contributed by atoms with Crippen LogP contribution in [0.1, 0.15) is 23.6 Å². The molecule has 0 aliphatic heterocycles. The van der Waals surface area contributed by atoms with Gasteiger partial charge < -0.3 is 5.73 Å². The van der Waals surface area contributed by atoms with Gasteiger partial charge in [-0.15, -0.1) is 12.4 Å². The first kappa shape index (κ1) is 15.5. The number of benzene rings is 1. The van der Waals surface area contributed by atoms with Gasteiger partial charge in [0.1, 0.15) is 0 Å². The molecule has 0 heterocycles. The van der Waals surface area contributed by atoms with Crippen molar-refractivity contribution in [2.24, 2.45) is 5.73 Å². The number of nitrogens with two attached hydrogens (primary N) is 1. The Labute approximate surface area is 103 Å². The van der Waals surface area contributed by atoms with Gasteiger partial charge in [0.05, 0.1) is 6.42 Å². The van der Waals surface area contributed by atoms with Gasteiger partial charge in [-0.1, -0.05) is 17.7 Å². The summed E-state index contributed by atoms with van der Waals surface area (Å²) >= 11 is 5.69. The van der Waals surface area contributed by atoms with E-state index in [1.165, 1.54) is 6.07 Å². The second-order valence-electron chi connectivity index (χ2n) is 3.43. The molecule has 1 atom stereocenters. The quantitative estimate of drug-likeness (QED) is 0.865. The molecule has 2 N–H and O–H groups in total. The number of alkyl halides is 3. The zero-order chi connectivity index (χ0) is 11.6. The Kier molecular flexibility index (Phi) is 5.59. The summed E-state index contributed by atoms with van der Waals surface area (Å²) in [5.41, 5.74) is 6.63. The molecule has 1 aromatic rings. The lowest BCUT2D eigenvalue weighted by atomic mass is 9.99. The molecule has 0 spiro atoms. The maximum Gasteiger partial charge on any atom is 0.390 e. The molecular formula is C10H12Cl2F3N. The van der Waals surface area contributed by atoms with Gasteiger partial charge >= 0.3 is 6.18 Å². The second-order valence-corrected chi connectivity index (χ2v) is 3.86. The summed E-state index contributed by atoms with van der Waals surface area (Å²) < 4.78 is 36.3. The summed E-state index contributed by atoms with van der Waals surface area (Å²) in [4.78, 5) is 0. The van der Waals surface area contributed by atoms with Gasteiger partial charge in [0, 0.05) is 11.1 Å². The van der Waals surface area contributed by atoms with Crippen molar-refractivity contribution in [3.63, 3.8) is 0 Å². The van der Waals surface area contributed by atoms with Crippen molar-refractivity contribution in [1.29, 1.82) is 0 Å². The highest BCUT2D eigenvalue weighted by atomic mass is 35.5. The normalized spacial score (nSPS) is 13.1. The lowest BCUT2D eigenvalue weighted by Gasteiger charge is -2.16. The van der Waals surface area contributed by atoms with Gasteiger partial charge in [-0.2, -0.15) is 13.2 Å². The minimum atomic E-state index is -4.24. The maximum absolute atomic E-state index is 12.1. The van der Waals surface area contributed by atoms with Gasteiger partial charge in [0.2, 0.25) is 0 Å². The fourth-order valence-corrected chi connectivity index (χ4v) is 1.64. The van der Waals surface area contributed by atoms with Crippen LogP contribution in [0.5, 0.6) is 0 Å². The van der Waals surface area contributed by atoms with E-state index in [2.05, 4.69) is 0 Å². The van der Waals surface area contributed by atoms with Crippen LogP contribution in [-0.4, -0.2) is 6.18 Å². The van der Waals surface area contributed by atoms with Crippen LogP contribution >= 0.6 is 24.0 Å². The van der Waals surface area contributed by atoms with Gasteiger partial charge in [-0.25, -0.2) is 0 Å². The average molecular weight is 274 g/mol. The lowest BCUT2D eigenvalue weighted by Crippen LogP contribution is -2.20. The van der Waals surface area contributed by atoms with Gasteiger partial charge in [-0.05, 0) is 30.2 Å². The maximum atomic E-state index is 12.1. The molecule has 0 fully saturated rings. The first-order valence-corrected chi connectivity index (χ1v) is 4.76. The first-order chi connectivity index (χ1) is 6.79. The number of halogens is 5. The van der Waals surface area contributed by atoms with E-state index in [-0.39, 0.29) is 12.4 Å². The Morgan fingerprint density at radius 2 is 1.94 bits per heavy atom. The minimum Gasteiger partial charge on any atom is -0.324 e. The third kappa shape index (κ3) is 4.60. The Balaban J connectivity index is 0.00000225. The fraction of sp³-hybridized carbons (Fsp3) is 0.400. The van der Waals surface area contributed by atoms with Crippen molar-refractivity contribution in [3.05, 3.63) is 34.3 Å². The molecule has 0 amide bonds. The van der Waals surface area contributed by atoms with E-state index < -0.39 is 18.6 Å². The minimum absolute atomic E-state index is 0. The third-order valence-electron chi connectivity index (χ3n) is 2.08. The Bertz CT molecular complexity index is 352. The van der Waals surface area contributed by atoms with Crippen LogP contribution in [0, 0.1) is 6.92 Å². The number of hydrogen-bond donors (Lipinski definition) is 1. The van der Waals surface area contributed by atoms with Crippen molar-refractivity contribution in [3.8, 4) is 0 Å². The molecule has 1 rings (SSSR count). The summed E-state index contributed by atoms with van der Waals surface area (Å²) in [6.07, 6.45) is -5.26. The molecule has 92 valence electrons. The highest BCUT2D eigenvalue weighted by molar-refractivity contribution is 6.30. The summed E-state index contributed by atoms with van der Waals surface area (Å²) in [5.74, 6) is 0. The van der Waals surface area contributed by atoms with Crippen LogP contribution in [0.3, 0.4) is 0 Å². The van der Waals surface area contributed by atoms with Crippen molar-refractivity contribution < 1.29 is 13.2 Å². The zero-order valence-electron chi connectivity index (χ0n) is 8.51. The van der Waals surface area contributed by atoms with Gasteiger partial charge in [-0.3, -0.25) is 0 Å². The predicted octanol–water partition coefficient (Wildman–Crippen LogP) is 4.02. The second kappa shape index (κ2) is 5.75. The average Bonchev–Trinajstić information content (AvgIpc) is 1.99. The monoisotopic (exact) mass is 273 g/mol. The molecule has 6 heteroatoms. The van der Waals surface area contributed by atoms with E-state index in [1.807, 2.05) is 0 Å². The highest BCUT2D eigenvalue weighted by Crippen LogP contribution is 2.30. The topological polar surface area (TPSA) is 26.0 Å². The van der Waals surface area contributed by atoms with Crippen molar-refractivity contribution in [2.45, 2.75) is 25.6 Å². The van der Waals surface area contributed by atoms with Crippen LogP contribution in [0.2, 0.25) is 5.02 Å². The van der Waals surface area contributed by atoms with Gasteiger partial charge in [0.15, 0.2) is 0 Å². The molecule has 0 aromatic heterocycles. The van der Waals surface area contributed by atoms with Crippen molar-refractivity contribution >= 4 is 24.0 Å². The fourth-order valence-electron chi connectivity index (χ4n) is 1.41. The first-order valence-electron chi connectivity index (χ1n) is 4.38. The van der Waals surface area contributed by atoms with E-state index in [4.69, 9.17) is 17.3 Å². The van der Waals surface area contributed by atoms with E-state index >= 15 is 0 Å².